The first-order chi connectivity index (χ1) is 7.83. The van der Waals surface area contributed by atoms with Crippen molar-refractivity contribution < 1.29 is 0 Å². The van der Waals surface area contributed by atoms with Gasteiger partial charge >= 0.3 is 0 Å². The van der Waals surface area contributed by atoms with Crippen molar-refractivity contribution in [2.45, 2.75) is 38.3 Å². The zero-order valence-electron chi connectivity index (χ0n) is 9.60. The van der Waals surface area contributed by atoms with Gasteiger partial charge in [-0.3, -0.25) is 4.90 Å². The summed E-state index contributed by atoms with van der Waals surface area (Å²) in [4.78, 5) is 6.76. The van der Waals surface area contributed by atoms with Crippen LogP contribution in [0.2, 0.25) is 0 Å². The molecule has 3 heteroatoms. The van der Waals surface area contributed by atoms with E-state index in [9.17, 15) is 0 Å². The molecule has 1 aromatic rings. The lowest BCUT2D eigenvalue weighted by molar-refractivity contribution is 0.244. The standard InChI is InChI=1S/C13H19N3/c14-13-11(2-1-7-15-13)9-16(12-5-6-12)8-10-3-4-10/h1-2,7,10,12H,3-6,8-9H2,(H2,14,15). The van der Waals surface area contributed by atoms with E-state index in [1.54, 1.807) is 6.20 Å². The Hall–Kier alpha value is -1.09. The van der Waals surface area contributed by atoms with E-state index < -0.39 is 0 Å². The normalized spacial score (nSPS) is 20.3. The van der Waals surface area contributed by atoms with E-state index in [1.165, 1.54) is 37.8 Å². The van der Waals surface area contributed by atoms with Gasteiger partial charge in [-0.1, -0.05) is 6.07 Å². The maximum absolute atomic E-state index is 5.90. The number of hydrogen-bond acceptors (Lipinski definition) is 3. The number of nitrogen functional groups attached to an aromatic ring is 1. The fourth-order valence-electron chi connectivity index (χ4n) is 2.22. The molecule has 0 radical (unpaired) electrons. The first-order valence-electron chi connectivity index (χ1n) is 6.26. The van der Waals surface area contributed by atoms with Crippen LogP contribution >= 0.6 is 0 Å². The van der Waals surface area contributed by atoms with Gasteiger partial charge in [-0.15, -0.1) is 0 Å². The van der Waals surface area contributed by atoms with E-state index >= 15 is 0 Å². The molecule has 2 saturated carbocycles. The highest BCUT2D eigenvalue weighted by molar-refractivity contribution is 5.38. The Labute approximate surface area is 96.7 Å². The van der Waals surface area contributed by atoms with Crippen molar-refractivity contribution in [2.75, 3.05) is 12.3 Å². The average Bonchev–Trinajstić information content (AvgIpc) is 3.15. The van der Waals surface area contributed by atoms with E-state index in [1.807, 2.05) is 6.07 Å². The summed E-state index contributed by atoms with van der Waals surface area (Å²) in [6.45, 7) is 2.25. The highest BCUT2D eigenvalue weighted by atomic mass is 15.2. The monoisotopic (exact) mass is 217 g/mol. The fourth-order valence-corrected chi connectivity index (χ4v) is 2.22. The van der Waals surface area contributed by atoms with Gasteiger partial charge in [-0.05, 0) is 37.7 Å². The Balaban J connectivity index is 1.67. The number of aromatic nitrogens is 1. The predicted molar refractivity (Wildman–Crippen MR) is 64.8 cm³/mol. The van der Waals surface area contributed by atoms with Crippen LogP contribution in [0.4, 0.5) is 5.82 Å². The molecule has 1 aromatic heterocycles. The summed E-state index contributed by atoms with van der Waals surface area (Å²) in [6.07, 6.45) is 7.35. The van der Waals surface area contributed by atoms with Crippen LogP contribution in [0, 0.1) is 5.92 Å². The van der Waals surface area contributed by atoms with Gasteiger partial charge < -0.3 is 5.73 Å². The van der Waals surface area contributed by atoms with Crippen molar-refractivity contribution in [3.05, 3.63) is 23.9 Å². The second-order valence-corrected chi connectivity index (χ2v) is 5.15. The van der Waals surface area contributed by atoms with Crippen molar-refractivity contribution in [1.82, 2.24) is 9.88 Å². The topological polar surface area (TPSA) is 42.1 Å². The predicted octanol–water partition coefficient (Wildman–Crippen LogP) is 2.04. The molecule has 16 heavy (non-hydrogen) atoms. The number of pyridine rings is 1. The Morgan fingerprint density at radius 1 is 1.31 bits per heavy atom. The van der Waals surface area contributed by atoms with Crippen LogP contribution in [-0.4, -0.2) is 22.5 Å². The molecule has 2 fully saturated rings. The molecule has 3 nitrogen and oxygen atoms in total. The Bertz CT molecular complexity index is 369. The number of anilines is 1. The largest absolute Gasteiger partial charge is 0.383 e. The van der Waals surface area contributed by atoms with Gasteiger partial charge in [0.2, 0.25) is 0 Å². The van der Waals surface area contributed by atoms with Crippen molar-refractivity contribution in [1.29, 1.82) is 0 Å². The van der Waals surface area contributed by atoms with E-state index in [0.29, 0.717) is 5.82 Å². The minimum Gasteiger partial charge on any atom is -0.383 e. The summed E-state index contributed by atoms with van der Waals surface area (Å²) in [6, 6.07) is 4.90. The molecular formula is C13H19N3. The van der Waals surface area contributed by atoms with Gasteiger partial charge in [0.1, 0.15) is 5.82 Å². The second kappa shape index (κ2) is 4.06. The third kappa shape index (κ3) is 2.35. The molecule has 0 unspecified atom stereocenters. The van der Waals surface area contributed by atoms with E-state index in [4.69, 9.17) is 5.73 Å². The highest BCUT2D eigenvalue weighted by Gasteiger charge is 2.33. The number of nitrogens with zero attached hydrogens (tertiary/aromatic N) is 2. The summed E-state index contributed by atoms with van der Waals surface area (Å²) in [5.41, 5.74) is 7.09. The van der Waals surface area contributed by atoms with Crippen molar-refractivity contribution in [3.8, 4) is 0 Å². The third-order valence-corrected chi connectivity index (χ3v) is 3.55. The molecule has 0 aromatic carbocycles. The minimum absolute atomic E-state index is 0.698. The van der Waals surface area contributed by atoms with Crippen LogP contribution in [0.3, 0.4) is 0 Å². The van der Waals surface area contributed by atoms with E-state index in [2.05, 4.69) is 16.0 Å². The molecule has 2 aliphatic rings. The quantitative estimate of drug-likeness (QED) is 0.820. The number of nitrogens with two attached hydrogens (primary N) is 1. The maximum Gasteiger partial charge on any atom is 0.127 e. The van der Waals surface area contributed by atoms with Crippen LogP contribution in [0.15, 0.2) is 18.3 Å². The number of rotatable bonds is 5. The summed E-state index contributed by atoms with van der Waals surface area (Å²) < 4.78 is 0. The SMILES string of the molecule is Nc1ncccc1CN(CC1CC1)C1CC1. The van der Waals surface area contributed by atoms with E-state index in [0.717, 1.165) is 18.5 Å². The van der Waals surface area contributed by atoms with Crippen LogP contribution in [-0.2, 0) is 6.54 Å². The molecule has 0 amide bonds. The molecule has 1 heterocycles. The fraction of sp³-hybridized carbons (Fsp3) is 0.615. The smallest absolute Gasteiger partial charge is 0.127 e. The molecule has 3 rings (SSSR count). The third-order valence-electron chi connectivity index (χ3n) is 3.55. The Morgan fingerprint density at radius 2 is 2.12 bits per heavy atom. The lowest BCUT2D eigenvalue weighted by Gasteiger charge is -2.22. The lowest BCUT2D eigenvalue weighted by atomic mass is 10.2. The van der Waals surface area contributed by atoms with E-state index in [-0.39, 0.29) is 0 Å². The van der Waals surface area contributed by atoms with Crippen LogP contribution in [0.5, 0.6) is 0 Å². The summed E-state index contributed by atoms with van der Waals surface area (Å²) >= 11 is 0. The Kier molecular flexibility index (Phi) is 2.56. The summed E-state index contributed by atoms with van der Waals surface area (Å²) in [7, 11) is 0. The molecule has 0 saturated heterocycles. The molecule has 86 valence electrons. The molecular weight excluding hydrogens is 198 g/mol. The second-order valence-electron chi connectivity index (χ2n) is 5.15. The minimum atomic E-state index is 0.698. The van der Waals surface area contributed by atoms with Gasteiger partial charge in [0, 0.05) is 30.9 Å². The first-order valence-corrected chi connectivity index (χ1v) is 6.26. The first kappa shape index (κ1) is 10.1. The summed E-state index contributed by atoms with van der Waals surface area (Å²) in [5.74, 6) is 1.66. The van der Waals surface area contributed by atoms with Crippen LogP contribution < -0.4 is 5.73 Å². The average molecular weight is 217 g/mol. The zero-order chi connectivity index (χ0) is 11.0. The van der Waals surface area contributed by atoms with Gasteiger partial charge in [-0.2, -0.15) is 0 Å². The van der Waals surface area contributed by atoms with Gasteiger partial charge in [0.05, 0.1) is 0 Å². The number of hydrogen-bond donors (Lipinski definition) is 1. The van der Waals surface area contributed by atoms with Gasteiger partial charge in [-0.25, -0.2) is 4.98 Å². The molecule has 2 N–H and O–H groups in total. The van der Waals surface area contributed by atoms with Crippen molar-refractivity contribution >= 4 is 5.82 Å². The lowest BCUT2D eigenvalue weighted by Crippen LogP contribution is -2.28. The van der Waals surface area contributed by atoms with Crippen LogP contribution in [0.1, 0.15) is 31.2 Å². The summed E-state index contributed by atoms with van der Waals surface area (Å²) in [5, 5.41) is 0. The maximum atomic E-state index is 5.90. The highest BCUT2D eigenvalue weighted by Crippen LogP contribution is 2.35. The van der Waals surface area contributed by atoms with Crippen molar-refractivity contribution in [3.63, 3.8) is 0 Å². The molecule has 0 aliphatic heterocycles. The molecule has 0 atom stereocenters. The van der Waals surface area contributed by atoms with Gasteiger partial charge in [0.25, 0.3) is 0 Å². The zero-order valence-corrected chi connectivity index (χ0v) is 9.60. The van der Waals surface area contributed by atoms with Gasteiger partial charge in [0.15, 0.2) is 0 Å². The Morgan fingerprint density at radius 3 is 2.75 bits per heavy atom. The molecule has 0 bridgehead atoms. The van der Waals surface area contributed by atoms with Crippen molar-refractivity contribution in [2.24, 2.45) is 5.92 Å². The molecule has 2 aliphatic carbocycles. The van der Waals surface area contributed by atoms with Crippen LogP contribution in [0.25, 0.3) is 0 Å². The molecule has 0 spiro atoms.